The third kappa shape index (κ3) is 3.38. The predicted octanol–water partition coefficient (Wildman–Crippen LogP) is 2.54. The zero-order valence-electron chi connectivity index (χ0n) is 14.3. The number of nitrogens with one attached hydrogen (secondary N) is 1. The molecule has 6 nitrogen and oxygen atoms in total. The van der Waals surface area contributed by atoms with Gasteiger partial charge >= 0.3 is 0 Å². The molecule has 25 heavy (non-hydrogen) atoms. The molecule has 7 heteroatoms. The number of fused-ring (bicyclic) bond motifs is 1. The first-order valence-electron chi connectivity index (χ1n) is 8.88. The van der Waals surface area contributed by atoms with Crippen LogP contribution in [0.2, 0.25) is 0 Å². The van der Waals surface area contributed by atoms with Gasteiger partial charge in [0.05, 0.1) is 11.3 Å². The Bertz CT molecular complexity index is 786. The van der Waals surface area contributed by atoms with Gasteiger partial charge in [-0.05, 0) is 50.2 Å². The normalized spacial score (nSPS) is 20.8. The molecule has 3 N–H and O–H groups in total. The summed E-state index contributed by atoms with van der Waals surface area (Å²) in [4.78, 5) is 12.7. The van der Waals surface area contributed by atoms with Crippen molar-refractivity contribution in [1.29, 1.82) is 0 Å². The first kappa shape index (κ1) is 16.4. The summed E-state index contributed by atoms with van der Waals surface area (Å²) in [7, 11) is 0. The van der Waals surface area contributed by atoms with E-state index in [0.29, 0.717) is 11.1 Å². The van der Waals surface area contributed by atoms with Crippen LogP contribution in [0, 0.1) is 0 Å². The SMILES string of the molecule is C[C@H](Sc1nnc(C2CC2)n1N)C(=O)N[C@H]1CCCc2ccccc21. The Morgan fingerprint density at radius 1 is 1.32 bits per heavy atom. The number of aromatic nitrogens is 3. The number of carbonyl (C=O) groups is 1. The lowest BCUT2D eigenvalue weighted by Crippen LogP contribution is -2.36. The third-order valence-corrected chi connectivity index (χ3v) is 6.03. The largest absolute Gasteiger partial charge is 0.348 e. The van der Waals surface area contributed by atoms with E-state index in [9.17, 15) is 4.79 Å². The van der Waals surface area contributed by atoms with E-state index in [-0.39, 0.29) is 17.2 Å². The molecule has 4 rings (SSSR count). The van der Waals surface area contributed by atoms with Gasteiger partial charge in [0.2, 0.25) is 11.1 Å². The van der Waals surface area contributed by atoms with Crippen molar-refractivity contribution in [2.24, 2.45) is 0 Å². The number of carbonyl (C=O) groups excluding carboxylic acids is 1. The van der Waals surface area contributed by atoms with Crippen LogP contribution in [0.25, 0.3) is 0 Å². The monoisotopic (exact) mass is 357 g/mol. The minimum absolute atomic E-state index is 0.0164. The summed E-state index contributed by atoms with van der Waals surface area (Å²) < 4.78 is 1.54. The molecule has 2 atom stereocenters. The average Bonchev–Trinajstić information content (AvgIpc) is 3.40. The number of rotatable bonds is 5. The number of aryl methyl sites for hydroxylation is 1. The molecule has 0 spiro atoms. The van der Waals surface area contributed by atoms with Crippen molar-refractivity contribution in [3.63, 3.8) is 0 Å². The number of nitrogen functional groups attached to an aromatic ring is 1. The second-order valence-corrected chi connectivity index (χ2v) is 8.21. The van der Waals surface area contributed by atoms with Gasteiger partial charge in [0.1, 0.15) is 0 Å². The van der Waals surface area contributed by atoms with E-state index < -0.39 is 0 Å². The molecule has 1 saturated carbocycles. The van der Waals surface area contributed by atoms with Crippen molar-refractivity contribution in [3.8, 4) is 0 Å². The molecule has 1 heterocycles. The molecule has 2 aliphatic rings. The average molecular weight is 357 g/mol. The van der Waals surface area contributed by atoms with E-state index in [0.717, 1.165) is 37.9 Å². The molecule has 1 fully saturated rings. The van der Waals surface area contributed by atoms with Crippen molar-refractivity contribution < 1.29 is 4.79 Å². The van der Waals surface area contributed by atoms with Crippen molar-refractivity contribution in [2.75, 3.05) is 5.84 Å². The number of hydrogen-bond donors (Lipinski definition) is 2. The molecule has 0 unspecified atom stereocenters. The van der Waals surface area contributed by atoms with Crippen molar-refractivity contribution in [2.45, 2.75) is 61.4 Å². The van der Waals surface area contributed by atoms with Gasteiger partial charge in [-0.1, -0.05) is 36.0 Å². The fourth-order valence-electron chi connectivity index (χ4n) is 3.39. The van der Waals surface area contributed by atoms with Crippen molar-refractivity contribution in [1.82, 2.24) is 20.2 Å². The minimum atomic E-state index is -0.271. The van der Waals surface area contributed by atoms with Crippen molar-refractivity contribution in [3.05, 3.63) is 41.2 Å². The highest BCUT2D eigenvalue weighted by molar-refractivity contribution is 8.00. The Morgan fingerprint density at radius 3 is 2.92 bits per heavy atom. The third-order valence-electron chi connectivity index (χ3n) is 4.97. The second-order valence-electron chi connectivity index (χ2n) is 6.90. The fraction of sp³-hybridized carbons (Fsp3) is 0.500. The summed E-state index contributed by atoms with van der Waals surface area (Å²) in [5.74, 6) is 7.37. The minimum Gasteiger partial charge on any atom is -0.348 e. The predicted molar refractivity (Wildman–Crippen MR) is 97.7 cm³/mol. The zero-order valence-corrected chi connectivity index (χ0v) is 15.1. The summed E-state index contributed by atoms with van der Waals surface area (Å²) in [6.45, 7) is 1.89. The number of hydrogen-bond acceptors (Lipinski definition) is 5. The maximum Gasteiger partial charge on any atom is 0.233 e. The Balaban J connectivity index is 1.41. The second kappa shape index (κ2) is 6.71. The first-order chi connectivity index (χ1) is 12.1. The van der Waals surface area contributed by atoms with Gasteiger partial charge in [-0.3, -0.25) is 4.79 Å². The van der Waals surface area contributed by atoms with Gasteiger partial charge in [0.25, 0.3) is 0 Å². The molecule has 0 saturated heterocycles. The van der Waals surface area contributed by atoms with E-state index in [2.05, 4.69) is 33.7 Å². The number of thioether (sulfide) groups is 1. The van der Waals surface area contributed by atoms with Gasteiger partial charge in [0, 0.05) is 5.92 Å². The maximum atomic E-state index is 12.7. The molecule has 132 valence electrons. The Labute approximate surface area is 151 Å². The van der Waals surface area contributed by atoms with Gasteiger partial charge in [-0.2, -0.15) is 0 Å². The lowest BCUT2D eigenvalue weighted by atomic mass is 9.88. The van der Waals surface area contributed by atoms with Crippen LogP contribution >= 0.6 is 11.8 Å². The highest BCUT2D eigenvalue weighted by atomic mass is 32.2. The molecule has 2 aromatic rings. The summed E-state index contributed by atoms with van der Waals surface area (Å²) in [5, 5.41) is 11.9. The van der Waals surface area contributed by atoms with Crippen LogP contribution in [-0.2, 0) is 11.2 Å². The van der Waals surface area contributed by atoms with Crippen LogP contribution in [0.5, 0.6) is 0 Å². The first-order valence-corrected chi connectivity index (χ1v) is 9.76. The highest BCUT2D eigenvalue weighted by Gasteiger charge is 2.31. The number of amides is 1. The van der Waals surface area contributed by atoms with Crippen LogP contribution in [0.1, 0.15) is 61.5 Å². The van der Waals surface area contributed by atoms with E-state index in [1.807, 2.05) is 13.0 Å². The van der Waals surface area contributed by atoms with E-state index >= 15 is 0 Å². The standard InChI is InChI=1S/C18H23N5OS/c1-11(25-18-22-21-16(23(18)19)13-9-10-13)17(24)20-15-8-4-6-12-5-2-3-7-14(12)15/h2-3,5,7,11,13,15H,4,6,8-10,19H2,1H3,(H,20,24)/t11-,15-/m0/s1. The van der Waals surface area contributed by atoms with Crippen LogP contribution in [-0.4, -0.2) is 26.0 Å². The Kier molecular flexibility index (Phi) is 4.41. The summed E-state index contributed by atoms with van der Waals surface area (Å²) >= 11 is 1.37. The molecule has 2 aliphatic carbocycles. The Hall–Kier alpha value is -2.02. The molecular formula is C18H23N5OS. The van der Waals surface area contributed by atoms with Crippen LogP contribution in [0.4, 0.5) is 0 Å². The van der Waals surface area contributed by atoms with E-state index in [4.69, 9.17) is 5.84 Å². The molecule has 0 radical (unpaired) electrons. The topological polar surface area (TPSA) is 85.8 Å². The summed E-state index contributed by atoms with van der Waals surface area (Å²) in [5.41, 5.74) is 2.59. The quantitative estimate of drug-likeness (QED) is 0.634. The van der Waals surface area contributed by atoms with Gasteiger partial charge in [-0.25, -0.2) is 4.68 Å². The lowest BCUT2D eigenvalue weighted by Gasteiger charge is -2.27. The number of benzene rings is 1. The van der Waals surface area contributed by atoms with Crippen LogP contribution in [0.15, 0.2) is 29.4 Å². The lowest BCUT2D eigenvalue weighted by molar-refractivity contribution is -0.121. The highest BCUT2D eigenvalue weighted by Crippen LogP contribution is 2.39. The van der Waals surface area contributed by atoms with Crippen LogP contribution in [0.3, 0.4) is 0 Å². The van der Waals surface area contributed by atoms with Crippen molar-refractivity contribution >= 4 is 17.7 Å². The molecule has 0 bridgehead atoms. The molecule has 1 aromatic carbocycles. The smallest absolute Gasteiger partial charge is 0.233 e. The zero-order chi connectivity index (χ0) is 17.4. The van der Waals surface area contributed by atoms with Gasteiger partial charge in [-0.15, -0.1) is 10.2 Å². The van der Waals surface area contributed by atoms with Crippen LogP contribution < -0.4 is 11.2 Å². The number of nitrogens with zero attached hydrogens (tertiary/aromatic N) is 3. The Morgan fingerprint density at radius 2 is 2.12 bits per heavy atom. The summed E-state index contributed by atoms with van der Waals surface area (Å²) in [6, 6.07) is 8.47. The fourth-order valence-corrected chi connectivity index (χ4v) is 4.18. The maximum absolute atomic E-state index is 12.7. The van der Waals surface area contributed by atoms with Gasteiger partial charge in [0.15, 0.2) is 5.82 Å². The van der Waals surface area contributed by atoms with Gasteiger partial charge < -0.3 is 11.2 Å². The van der Waals surface area contributed by atoms with E-state index in [1.165, 1.54) is 22.9 Å². The van der Waals surface area contributed by atoms with E-state index in [1.54, 1.807) is 4.68 Å². The molecule has 1 aromatic heterocycles. The number of nitrogens with two attached hydrogens (primary N) is 1. The molecule has 1 amide bonds. The molecular weight excluding hydrogens is 334 g/mol. The summed E-state index contributed by atoms with van der Waals surface area (Å²) in [6.07, 6.45) is 5.42. The molecule has 0 aliphatic heterocycles.